The van der Waals surface area contributed by atoms with Gasteiger partial charge < -0.3 is 15.2 Å². The van der Waals surface area contributed by atoms with Crippen molar-refractivity contribution >= 4 is 46.9 Å². The number of halogens is 3. The van der Waals surface area contributed by atoms with Crippen molar-refractivity contribution in [1.82, 2.24) is 0 Å². The number of nitrogens with zero attached hydrogens (tertiary/aromatic N) is 1. The molecule has 0 radical (unpaired) electrons. The van der Waals surface area contributed by atoms with E-state index in [1.165, 1.54) is 0 Å². The Hall–Kier alpha value is -0.390. The molecule has 0 spiro atoms. The normalized spacial score (nSPS) is 24.1. The van der Waals surface area contributed by atoms with E-state index in [-0.39, 0.29) is 6.02 Å². The molecule has 1 heterocycles. The number of rotatable bonds is 0. The number of carbonyl (C=O) groups excluding carboxylic acids is 1. The summed E-state index contributed by atoms with van der Waals surface area (Å²) in [6, 6.07) is -0.387. The molecule has 1 unspecified atom stereocenters. The average Bonchev–Trinajstić information content (AvgIpc) is 1.82. The lowest BCUT2D eigenvalue weighted by molar-refractivity contribution is -0.0458. The van der Waals surface area contributed by atoms with Gasteiger partial charge in [-0.15, -0.1) is 4.99 Å². The first-order valence-corrected chi connectivity index (χ1v) is 3.81. The first-order chi connectivity index (χ1) is 5.39. The van der Waals surface area contributed by atoms with Gasteiger partial charge in [-0.3, -0.25) is 0 Å². The predicted octanol–water partition coefficient (Wildman–Crippen LogP) is 1.16. The van der Waals surface area contributed by atoms with Crippen molar-refractivity contribution in [2.24, 2.45) is 10.7 Å². The highest BCUT2D eigenvalue weighted by atomic mass is 35.6. The maximum Gasteiger partial charge on any atom is 0.441 e. The molecular weight excluding hydrogens is 230 g/mol. The predicted molar refractivity (Wildman–Crippen MR) is 43.3 cm³/mol. The van der Waals surface area contributed by atoms with E-state index in [0.29, 0.717) is 0 Å². The summed E-state index contributed by atoms with van der Waals surface area (Å²) in [4.78, 5) is 13.7. The van der Waals surface area contributed by atoms with Gasteiger partial charge in [-0.05, 0) is 0 Å². The van der Waals surface area contributed by atoms with Crippen LogP contribution in [0.2, 0.25) is 0 Å². The maximum atomic E-state index is 10.6. The smallest absolute Gasteiger partial charge is 0.420 e. The highest BCUT2D eigenvalue weighted by molar-refractivity contribution is 6.68. The molecule has 1 atom stereocenters. The molecule has 0 saturated carbocycles. The number of amidine groups is 1. The third-order valence-electron chi connectivity index (χ3n) is 0.904. The van der Waals surface area contributed by atoms with Crippen molar-refractivity contribution in [3.63, 3.8) is 0 Å². The Labute approximate surface area is 82.4 Å². The quantitative estimate of drug-likeness (QED) is 0.637. The number of ether oxygens (including phenoxy) is 2. The van der Waals surface area contributed by atoms with Crippen LogP contribution in [0.5, 0.6) is 0 Å². The van der Waals surface area contributed by atoms with Gasteiger partial charge in [-0.25, -0.2) is 4.79 Å². The average molecular weight is 233 g/mol. The summed E-state index contributed by atoms with van der Waals surface area (Å²) >= 11 is 16.1. The molecule has 0 aromatic rings. The van der Waals surface area contributed by atoms with Gasteiger partial charge >= 0.3 is 6.09 Å². The van der Waals surface area contributed by atoms with E-state index in [1.807, 2.05) is 0 Å². The summed E-state index contributed by atoms with van der Waals surface area (Å²) in [6.45, 7) is 0. The van der Waals surface area contributed by atoms with Gasteiger partial charge in [0.2, 0.25) is 0 Å². The SMILES string of the molecule is NC1=NC(=O)OC(C(Cl)(Cl)Cl)O1. The van der Waals surface area contributed by atoms with Gasteiger partial charge in [0.05, 0.1) is 0 Å². The molecule has 0 aromatic carbocycles. The molecule has 0 aromatic heterocycles. The summed E-state index contributed by atoms with van der Waals surface area (Å²) in [6.07, 6.45) is -2.30. The largest absolute Gasteiger partial charge is 0.441 e. The van der Waals surface area contributed by atoms with Crippen molar-refractivity contribution in [1.29, 1.82) is 0 Å². The van der Waals surface area contributed by atoms with Crippen LogP contribution in [-0.2, 0) is 9.47 Å². The van der Waals surface area contributed by atoms with Crippen molar-refractivity contribution in [2.75, 3.05) is 0 Å². The summed E-state index contributed by atoms with van der Waals surface area (Å²) in [5, 5.41) is 0. The molecule has 1 aliphatic heterocycles. The van der Waals surface area contributed by atoms with Gasteiger partial charge in [0.25, 0.3) is 16.1 Å². The van der Waals surface area contributed by atoms with E-state index < -0.39 is 16.2 Å². The number of amides is 1. The number of hydrogen-bond donors (Lipinski definition) is 1. The number of hydrogen-bond acceptors (Lipinski definition) is 4. The Balaban J connectivity index is 2.74. The molecule has 1 amide bonds. The number of nitrogens with two attached hydrogens (primary N) is 1. The van der Waals surface area contributed by atoms with Crippen LogP contribution in [0.1, 0.15) is 0 Å². The minimum Gasteiger partial charge on any atom is -0.420 e. The lowest BCUT2D eigenvalue weighted by Crippen LogP contribution is -2.41. The molecule has 0 aliphatic carbocycles. The van der Waals surface area contributed by atoms with E-state index in [1.54, 1.807) is 0 Å². The van der Waals surface area contributed by atoms with E-state index in [0.717, 1.165) is 0 Å². The summed E-state index contributed by atoms with van der Waals surface area (Å²) in [5.41, 5.74) is 5.06. The third kappa shape index (κ3) is 2.30. The first kappa shape index (κ1) is 9.70. The second-order valence-electron chi connectivity index (χ2n) is 1.83. The minimum absolute atomic E-state index is 0.387. The highest BCUT2D eigenvalue weighted by Crippen LogP contribution is 2.34. The first-order valence-electron chi connectivity index (χ1n) is 2.68. The fourth-order valence-corrected chi connectivity index (χ4v) is 0.769. The van der Waals surface area contributed by atoms with Crippen LogP contribution in [0.25, 0.3) is 0 Å². The fourth-order valence-electron chi connectivity index (χ4n) is 0.502. The van der Waals surface area contributed by atoms with Gasteiger partial charge in [0, 0.05) is 0 Å². The van der Waals surface area contributed by atoms with Gasteiger partial charge in [0.15, 0.2) is 0 Å². The molecule has 2 N–H and O–H groups in total. The van der Waals surface area contributed by atoms with E-state index in [2.05, 4.69) is 14.5 Å². The number of aliphatic imine (C=N–C) groups is 1. The van der Waals surface area contributed by atoms with E-state index in [4.69, 9.17) is 40.5 Å². The Morgan fingerprint density at radius 2 is 2.00 bits per heavy atom. The summed E-state index contributed by atoms with van der Waals surface area (Å²) in [7, 11) is 0. The lowest BCUT2D eigenvalue weighted by atomic mass is 10.7. The van der Waals surface area contributed by atoms with Crippen molar-refractivity contribution in [3.8, 4) is 0 Å². The molecule has 0 fully saturated rings. The molecule has 0 bridgehead atoms. The Morgan fingerprint density at radius 1 is 1.42 bits per heavy atom. The van der Waals surface area contributed by atoms with Crippen LogP contribution >= 0.6 is 34.8 Å². The zero-order chi connectivity index (χ0) is 9.35. The molecule has 5 nitrogen and oxygen atoms in total. The maximum absolute atomic E-state index is 10.6. The zero-order valence-corrected chi connectivity index (χ0v) is 7.73. The topological polar surface area (TPSA) is 73.9 Å². The Kier molecular flexibility index (Phi) is 2.55. The molecular formula is C4H3Cl3N2O3. The third-order valence-corrected chi connectivity index (χ3v) is 1.44. The van der Waals surface area contributed by atoms with Crippen molar-refractivity contribution < 1.29 is 14.3 Å². The van der Waals surface area contributed by atoms with Crippen LogP contribution in [0.4, 0.5) is 4.79 Å². The van der Waals surface area contributed by atoms with E-state index >= 15 is 0 Å². The Morgan fingerprint density at radius 3 is 2.42 bits per heavy atom. The fraction of sp³-hybridized carbons (Fsp3) is 0.500. The number of alkyl halides is 3. The lowest BCUT2D eigenvalue weighted by Gasteiger charge is -2.25. The molecule has 0 saturated heterocycles. The van der Waals surface area contributed by atoms with Crippen molar-refractivity contribution in [3.05, 3.63) is 0 Å². The molecule has 1 aliphatic rings. The molecule has 8 heteroatoms. The minimum atomic E-state index is -1.88. The van der Waals surface area contributed by atoms with Crippen LogP contribution in [0, 0.1) is 0 Å². The van der Waals surface area contributed by atoms with Gasteiger partial charge in [0.1, 0.15) is 0 Å². The number of cyclic esters (lactones) is 1. The summed E-state index contributed by atoms with van der Waals surface area (Å²) < 4.78 is 7.13. The van der Waals surface area contributed by atoms with Gasteiger partial charge in [-0.1, -0.05) is 34.8 Å². The summed E-state index contributed by atoms with van der Waals surface area (Å²) in [5.74, 6) is 0. The van der Waals surface area contributed by atoms with Crippen LogP contribution in [0.3, 0.4) is 0 Å². The highest BCUT2D eigenvalue weighted by Gasteiger charge is 2.41. The van der Waals surface area contributed by atoms with Crippen molar-refractivity contribution in [2.45, 2.75) is 10.1 Å². The Bertz CT molecular complexity index is 236. The van der Waals surface area contributed by atoms with Gasteiger partial charge in [-0.2, -0.15) is 0 Å². The monoisotopic (exact) mass is 232 g/mol. The zero-order valence-electron chi connectivity index (χ0n) is 5.46. The molecule has 68 valence electrons. The van der Waals surface area contributed by atoms with Crippen LogP contribution < -0.4 is 5.73 Å². The second-order valence-corrected chi connectivity index (χ2v) is 4.19. The standard InChI is InChI=1S/C4H3Cl3N2O3/c5-4(6,7)1-11-2(8)9-3(10)12-1/h1H,(H2,8,9,10). The second kappa shape index (κ2) is 3.16. The van der Waals surface area contributed by atoms with Crippen LogP contribution in [0.15, 0.2) is 4.99 Å². The molecule has 1 rings (SSSR count). The molecule has 12 heavy (non-hydrogen) atoms. The number of carbonyl (C=O) groups is 1. The van der Waals surface area contributed by atoms with Crippen LogP contribution in [-0.4, -0.2) is 22.2 Å². The van der Waals surface area contributed by atoms with E-state index in [9.17, 15) is 4.79 Å².